The van der Waals surface area contributed by atoms with Crippen LogP contribution >= 0.6 is 0 Å². The Hall–Kier alpha value is -1.16. The largest absolute Gasteiger partial charge is 0.358 e. The van der Waals surface area contributed by atoms with Gasteiger partial charge in [0.2, 0.25) is 0 Å². The van der Waals surface area contributed by atoms with Crippen molar-refractivity contribution in [3.63, 3.8) is 0 Å². The molecule has 0 saturated carbocycles. The first-order chi connectivity index (χ1) is 8.36. The lowest BCUT2D eigenvalue weighted by molar-refractivity contribution is 0.400. The van der Waals surface area contributed by atoms with Crippen LogP contribution in [0, 0.1) is 11.8 Å². The standard InChI is InChI=1S/C13H20N4/c1-10-3-4-11-12(10)13(16-9-15-11)17-7-2-5-14-6-8-17/h4,9-10,12,14H,2-3,5-8H2,1H3/t10-,12?/m1/s1. The first kappa shape index (κ1) is 11.0. The summed E-state index contributed by atoms with van der Waals surface area (Å²) in [6.07, 6.45) is 6.35. The van der Waals surface area contributed by atoms with E-state index in [4.69, 9.17) is 0 Å². The van der Waals surface area contributed by atoms with E-state index in [0.717, 1.165) is 32.6 Å². The summed E-state index contributed by atoms with van der Waals surface area (Å²) in [5.74, 6) is 2.34. The molecule has 1 fully saturated rings. The van der Waals surface area contributed by atoms with Gasteiger partial charge < -0.3 is 10.2 Å². The van der Waals surface area contributed by atoms with Gasteiger partial charge in [-0.25, -0.2) is 9.98 Å². The van der Waals surface area contributed by atoms with E-state index in [-0.39, 0.29) is 0 Å². The minimum absolute atomic E-state index is 0.443. The summed E-state index contributed by atoms with van der Waals surface area (Å²) in [6, 6.07) is 0. The van der Waals surface area contributed by atoms with Crippen LogP contribution < -0.4 is 5.32 Å². The molecule has 1 saturated heterocycles. The topological polar surface area (TPSA) is 40.0 Å². The molecule has 2 heterocycles. The first-order valence-electron chi connectivity index (χ1n) is 6.62. The van der Waals surface area contributed by atoms with Gasteiger partial charge in [-0.3, -0.25) is 0 Å². The van der Waals surface area contributed by atoms with E-state index in [1.54, 1.807) is 6.34 Å². The van der Waals surface area contributed by atoms with Crippen LogP contribution in [0.4, 0.5) is 0 Å². The molecule has 1 N–H and O–H groups in total. The molecule has 17 heavy (non-hydrogen) atoms. The summed E-state index contributed by atoms with van der Waals surface area (Å²) >= 11 is 0. The molecule has 3 aliphatic rings. The molecular weight excluding hydrogens is 212 g/mol. The summed E-state index contributed by atoms with van der Waals surface area (Å²) in [5.41, 5.74) is 1.24. The molecule has 4 heteroatoms. The van der Waals surface area contributed by atoms with Crippen molar-refractivity contribution in [3.8, 4) is 0 Å². The van der Waals surface area contributed by atoms with Gasteiger partial charge in [0.1, 0.15) is 12.2 Å². The number of amidine groups is 1. The second-order valence-electron chi connectivity index (χ2n) is 5.14. The van der Waals surface area contributed by atoms with E-state index in [2.05, 4.69) is 33.2 Å². The zero-order valence-electron chi connectivity index (χ0n) is 10.4. The molecular formula is C13H20N4. The van der Waals surface area contributed by atoms with Gasteiger partial charge in [-0.2, -0.15) is 0 Å². The van der Waals surface area contributed by atoms with Gasteiger partial charge >= 0.3 is 0 Å². The van der Waals surface area contributed by atoms with Crippen molar-refractivity contribution in [2.75, 3.05) is 26.2 Å². The molecule has 0 radical (unpaired) electrons. The maximum Gasteiger partial charge on any atom is 0.117 e. The van der Waals surface area contributed by atoms with E-state index >= 15 is 0 Å². The summed E-state index contributed by atoms with van der Waals surface area (Å²) in [7, 11) is 0. The van der Waals surface area contributed by atoms with Gasteiger partial charge in [-0.05, 0) is 25.3 Å². The Morgan fingerprint density at radius 2 is 2.29 bits per heavy atom. The van der Waals surface area contributed by atoms with Crippen LogP contribution in [-0.2, 0) is 0 Å². The van der Waals surface area contributed by atoms with Crippen molar-refractivity contribution in [2.45, 2.75) is 19.8 Å². The van der Waals surface area contributed by atoms with E-state index in [0.29, 0.717) is 11.8 Å². The average molecular weight is 232 g/mol. The number of hydrogen-bond acceptors (Lipinski definition) is 4. The fourth-order valence-electron chi connectivity index (χ4n) is 2.97. The number of nitrogens with zero attached hydrogens (tertiary/aromatic N) is 3. The van der Waals surface area contributed by atoms with Crippen LogP contribution in [0.2, 0.25) is 0 Å². The molecule has 2 atom stereocenters. The van der Waals surface area contributed by atoms with Gasteiger partial charge in [-0.15, -0.1) is 0 Å². The molecule has 3 rings (SSSR count). The van der Waals surface area contributed by atoms with Crippen molar-refractivity contribution in [2.24, 2.45) is 21.8 Å². The summed E-state index contributed by atoms with van der Waals surface area (Å²) in [5, 5.41) is 3.44. The number of nitrogens with one attached hydrogen (secondary N) is 1. The number of hydrogen-bond donors (Lipinski definition) is 1. The predicted octanol–water partition coefficient (Wildman–Crippen LogP) is 1.26. The lowest BCUT2D eigenvalue weighted by Gasteiger charge is -2.31. The molecule has 0 aromatic rings. The molecule has 0 spiro atoms. The zero-order chi connectivity index (χ0) is 11.7. The highest BCUT2D eigenvalue weighted by Crippen LogP contribution is 2.35. The normalized spacial score (nSPS) is 32.9. The average Bonchev–Trinajstić information content (AvgIpc) is 2.59. The maximum absolute atomic E-state index is 4.57. The third-order valence-electron chi connectivity index (χ3n) is 3.93. The van der Waals surface area contributed by atoms with Gasteiger partial charge in [0.25, 0.3) is 0 Å². The highest BCUT2D eigenvalue weighted by atomic mass is 15.2. The molecule has 0 aromatic heterocycles. The Kier molecular flexibility index (Phi) is 2.97. The van der Waals surface area contributed by atoms with Gasteiger partial charge in [0.15, 0.2) is 0 Å². The summed E-state index contributed by atoms with van der Waals surface area (Å²) < 4.78 is 0. The highest BCUT2D eigenvalue weighted by molar-refractivity contribution is 5.95. The van der Waals surface area contributed by atoms with E-state index in [1.165, 1.54) is 18.0 Å². The van der Waals surface area contributed by atoms with Crippen molar-refractivity contribution in [1.29, 1.82) is 0 Å². The van der Waals surface area contributed by atoms with Crippen LogP contribution in [0.3, 0.4) is 0 Å². The second kappa shape index (κ2) is 4.61. The van der Waals surface area contributed by atoms with Crippen molar-refractivity contribution in [1.82, 2.24) is 10.2 Å². The van der Waals surface area contributed by atoms with Crippen LogP contribution in [0.25, 0.3) is 0 Å². The predicted molar refractivity (Wildman–Crippen MR) is 70.3 cm³/mol. The monoisotopic (exact) mass is 232 g/mol. The van der Waals surface area contributed by atoms with Crippen molar-refractivity contribution >= 4 is 12.2 Å². The van der Waals surface area contributed by atoms with Crippen LogP contribution in [0.15, 0.2) is 21.8 Å². The Balaban J connectivity index is 1.83. The van der Waals surface area contributed by atoms with Crippen LogP contribution in [-0.4, -0.2) is 43.3 Å². The second-order valence-corrected chi connectivity index (χ2v) is 5.14. The minimum atomic E-state index is 0.443. The maximum atomic E-state index is 4.57. The van der Waals surface area contributed by atoms with Gasteiger partial charge in [-0.1, -0.05) is 13.0 Å². The molecule has 4 nitrogen and oxygen atoms in total. The first-order valence-corrected chi connectivity index (χ1v) is 6.62. The van der Waals surface area contributed by atoms with E-state index in [9.17, 15) is 0 Å². The number of allylic oxidation sites excluding steroid dienone is 1. The lowest BCUT2D eigenvalue weighted by atomic mass is 9.93. The molecule has 92 valence electrons. The van der Waals surface area contributed by atoms with E-state index in [1.807, 2.05) is 0 Å². The van der Waals surface area contributed by atoms with Gasteiger partial charge in [0.05, 0.1) is 5.92 Å². The van der Waals surface area contributed by atoms with Crippen molar-refractivity contribution < 1.29 is 0 Å². The third-order valence-corrected chi connectivity index (χ3v) is 3.93. The SMILES string of the molecule is C[C@@H]1CC=C2N=CN=C(N3CCCNCC3)C21. The van der Waals surface area contributed by atoms with Gasteiger partial charge in [0, 0.05) is 25.3 Å². The zero-order valence-corrected chi connectivity index (χ0v) is 10.4. The summed E-state index contributed by atoms with van der Waals surface area (Å²) in [4.78, 5) is 11.4. The Morgan fingerprint density at radius 1 is 1.35 bits per heavy atom. The van der Waals surface area contributed by atoms with Crippen LogP contribution in [0.1, 0.15) is 19.8 Å². The smallest absolute Gasteiger partial charge is 0.117 e. The Morgan fingerprint density at radius 3 is 3.24 bits per heavy atom. The Labute approximate surface area is 103 Å². The third kappa shape index (κ3) is 2.02. The molecule has 0 amide bonds. The quantitative estimate of drug-likeness (QED) is 0.683. The Bertz CT molecular complexity index is 375. The number of aliphatic imine (C=N–C) groups is 2. The summed E-state index contributed by atoms with van der Waals surface area (Å²) in [6.45, 7) is 6.69. The highest BCUT2D eigenvalue weighted by Gasteiger charge is 2.35. The molecule has 0 aromatic carbocycles. The molecule has 1 aliphatic carbocycles. The lowest BCUT2D eigenvalue weighted by Crippen LogP contribution is -2.41. The molecule has 1 unspecified atom stereocenters. The molecule has 2 aliphatic heterocycles. The fourth-order valence-corrected chi connectivity index (χ4v) is 2.97. The van der Waals surface area contributed by atoms with E-state index < -0.39 is 0 Å². The van der Waals surface area contributed by atoms with Crippen LogP contribution in [0.5, 0.6) is 0 Å². The molecule has 0 bridgehead atoms. The fraction of sp³-hybridized carbons (Fsp3) is 0.692. The number of rotatable bonds is 0. The van der Waals surface area contributed by atoms with Crippen molar-refractivity contribution in [3.05, 3.63) is 11.8 Å². The minimum Gasteiger partial charge on any atom is -0.358 e. The number of fused-ring (bicyclic) bond motifs is 1.